The molecule has 2 aliphatic heterocycles. The summed E-state index contributed by atoms with van der Waals surface area (Å²) in [7, 11) is 0. The monoisotopic (exact) mass is 395 g/mol. The summed E-state index contributed by atoms with van der Waals surface area (Å²) in [6, 6.07) is 10.9. The first-order valence-electron chi connectivity index (χ1n) is 8.77. The van der Waals surface area contributed by atoms with Gasteiger partial charge in [-0.1, -0.05) is 18.2 Å². The molecule has 0 atom stereocenters. The third kappa shape index (κ3) is 3.89. The van der Waals surface area contributed by atoms with Crippen molar-refractivity contribution in [2.75, 3.05) is 31.1 Å². The van der Waals surface area contributed by atoms with Crippen LogP contribution in [0, 0.1) is 0 Å². The summed E-state index contributed by atoms with van der Waals surface area (Å²) in [5.74, 6) is 0.146. The van der Waals surface area contributed by atoms with Gasteiger partial charge in [0.25, 0.3) is 17.1 Å². The zero-order valence-electron chi connectivity index (χ0n) is 14.9. The van der Waals surface area contributed by atoms with Crippen molar-refractivity contribution in [2.45, 2.75) is 0 Å². The SMILES string of the molecule is O=C1NC(=O)C(=Cc2ccnc(N3CCN(C(=O)c4ccccc4)CC3)n2)S1. The molecule has 2 saturated heterocycles. The van der Waals surface area contributed by atoms with Crippen molar-refractivity contribution in [1.29, 1.82) is 0 Å². The molecule has 0 radical (unpaired) electrons. The highest BCUT2D eigenvalue weighted by molar-refractivity contribution is 8.18. The number of hydrogen-bond donors (Lipinski definition) is 1. The van der Waals surface area contributed by atoms with Crippen LogP contribution in [-0.2, 0) is 4.79 Å². The molecular weight excluding hydrogens is 378 g/mol. The van der Waals surface area contributed by atoms with Crippen LogP contribution < -0.4 is 10.2 Å². The van der Waals surface area contributed by atoms with E-state index in [2.05, 4.69) is 15.3 Å². The van der Waals surface area contributed by atoms with E-state index in [4.69, 9.17) is 0 Å². The molecule has 1 aromatic carbocycles. The first kappa shape index (κ1) is 18.2. The molecule has 142 valence electrons. The number of thioether (sulfide) groups is 1. The predicted molar refractivity (Wildman–Crippen MR) is 106 cm³/mol. The Morgan fingerprint density at radius 3 is 2.50 bits per heavy atom. The Hall–Kier alpha value is -3.20. The van der Waals surface area contributed by atoms with Crippen LogP contribution in [0.4, 0.5) is 10.7 Å². The summed E-state index contributed by atoms with van der Waals surface area (Å²) < 4.78 is 0. The summed E-state index contributed by atoms with van der Waals surface area (Å²) in [6.07, 6.45) is 3.20. The quantitative estimate of drug-likeness (QED) is 0.791. The second kappa shape index (κ2) is 7.81. The molecule has 0 spiro atoms. The number of anilines is 1. The summed E-state index contributed by atoms with van der Waals surface area (Å²) in [5.41, 5.74) is 1.24. The van der Waals surface area contributed by atoms with E-state index in [1.54, 1.807) is 18.3 Å². The fraction of sp³-hybridized carbons (Fsp3) is 0.211. The zero-order valence-corrected chi connectivity index (χ0v) is 15.7. The van der Waals surface area contributed by atoms with E-state index in [-0.39, 0.29) is 11.1 Å². The number of aromatic nitrogens is 2. The molecule has 1 aromatic heterocycles. The maximum atomic E-state index is 12.5. The van der Waals surface area contributed by atoms with Gasteiger partial charge in [0.1, 0.15) is 0 Å². The summed E-state index contributed by atoms with van der Waals surface area (Å²) in [6.45, 7) is 2.39. The fourth-order valence-corrected chi connectivity index (χ4v) is 3.69. The van der Waals surface area contributed by atoms with Gasteiger partial charge in [0.2, 0.25) is 5.95 Å². The number of piperazine rings is 1. The van der Waals surface area contributed by atoms with Crippen LogP contribution in [0.1, 0.15) is 16.1 Å². The number of rotatable bonds is 3. The van der Waals surface area contributed by atoms with E-state index in [9.17, 15) is 14.4 Å². The molecule has 3 heterocycles. The third-order valence-electron chi connectivity index (χ3n) is 4.46. The lowest BCUT2D eigenvalue weighted by Crippen LogP contribution is -2.49. The highest BCUT2D eigenvalue weighted by atomic mass is 32.2. The number of hydrogen-bond acceptors (Lipinski definition) is 7. The van der Waals surface area contributed by atoms with Gasteiger partial charge in [-0.15, -0.1) is 0 Å². The van der Waals surface area contributed by atoms with Gasteiger partial charge in [-0.05, 0) is 36.0 Å². The summed E-state index contributed by atoms with van der Waals surface area (Å²) in [5, 5.41) is 1.84. The van der Waals surface area contributed by atoms with Crippen LogP contribution in [0.15, 0.2) is 47.5 Å². The van der Waals surface area contributed by atoms with Crippen LogP contribution in [-0.4, -0.2) is 58.1 Å². The largest absolute Gasteiger partial charge is 0.337 e. The van der Waals surface area contributed by atoms with Gasteiger partial charge < -0.3 is 9.80 Å². The van der Waals surface area contributed by atoms with E-state index < -0.39 is 5.91 Å². The Morgan fingerprint density at radius 2 is 1.82 bits per heavy atom. The molecule has 0 aliphatic carbocycles. The predicted octanol–water partition coefficient (Wildman–Crippen LogP) is 1.76. The van der Waals surface area contributed by atoms with Crippen LogP contribution >= 0.6 is 11.8 Å². The lowest BCUT2D eigenvalue weighted by atomic mass is 10.2. The van der Waals surface area contributed by atoms with Crippen molar-refractivity contribution in [1.82, 2.24) is 20.2 Å². The van der Waals surface area contributed by atoms with E-state index >= 15 is 0 Å². The highest BCUT2D eigenvalue weighted by Crippen LogP contribution is 2.25. The number of amides is 3. The zero-order chi connectivity index (χ0) is 19.5. The number of imide groups is 1. The Morgan fingerprint density at radius 1 is 1.07 bits per heavy atom. The molecule has 8 nitrogen and oxygen atoms in total. The number of carbonyl (C=O) groups is 3. The Bertz CT molecular complexity index is 955. The minimum atomic E-state index is -0.414. The number of nitrogens with one attached hydrogen (secondary N) is 1. The van der Waals surface area contributed by atoms with Gasteiger partial charge in [0, 0.05) is 37.9 Å². The number of benzene rings is 1. The summed E-state index contributed by atoms with van der Waals surface area (Å²) >= 11 is 0.855. The van der Waals surface area contributed by atoms with Crippen molar-refractivity contribution in [3.63, 3.8) is 0 Å². The Labute approximate surface area is 165 Å². The number of nitrogens with zero attached hydrogens (tertiary/aromatic N) is 4. The molecule has 0 saturated carbocycles. The maximum absolute atomic E-state index is 12.5. The topological polar surface area (TPSA) is 95.5 Å². The van der Waals surface area contributed by atoms with E-state index in [1.807, 2.05) is 40.1 Å². The Balaban J connectivity index is 1.43. The lowest BCUT2D eigenvalue weighted by Gasteiger charge is -2.34. The van der Waals surface area contributed by atoms with Crippen LogP contribution in [0.2, 0.25) is 0 Å². The highest BCUT2D eigenvalue weighted by Gasteiger charge is 2.26. The van der Waals surface area contributed by atoms with Crippen LogP contribution in [0.3, 0.4) is 0 Å². The van der Waals surface area contributed by atoms with Crippen molar-refractivity contribution in [2.24, 2.45) is 0 Å². The van der Waals surface area contributed by atoms with Crippen molar-refractivity contribution >= 4 is 40.8 Å². The Kier molecular flexibility index (Phi) is 5.07. The molecule has 9 heteroatoms. The van der Waals surface area contributed by atoms with E-state index in [0.717, 1.165) is 11.8 Å². The van der Waals surface area contributed by atoms with Crippen molar-refractivity contribution in [3.05, 3.63) is 58.8 Å². The fourth-order valence-electron chi connectivity index (χ4n) is 3.02. The minimum absolute atomic E-state index is 0.0218. The first-order valence-corrected chi connectivity index (χ1v) is 9.59. The van der Waals surface area contributed by atoms with Gasteiger partial charge in [-0.3, -0.25) is 19.7 Å². The van der Waals surface area contributed by atoms with Gasteiger partial charge in [-0.25, -0.2) is 9.97 Å². The van der Waals surface area contributed by atoms with Gasteiger partial charge in [0.15, 0.2) is 0 Å². The van der Waals surface area contributed by atoms with E-state index in [1.165, 1.54) is 0 Å². The molecule has 3 amide bonds. The molecule has 1 N–H and O–H groups in total. The molecule has 0 unspecified atom stereocenters. The first-order chi connectivity index (χ1) is 13.6. The molecule has 0 bridgehead atoms. The smallest absolute Gasteiger partial charge is 0.290 e. The third-order valence-corrected chi connectivity index (χ3v) is 5.27. The minimum Gasteiger partial charge on any atom is -0.337 e. The van der Waals surface area contributed by atoms with Gasteiger partial charge >= 0.3 is 0 Å². The summed E-state index contributed by atoms with van der Waals surface area (Å²) in [4.78, 5) is 48.4. The van der Waals surface area contributed by atoms with E-state index in [0.29, 0.717) is 48.3 Å². The number of carbonyl (C=O) groups excluding carboxylic acids is 3. The van der Waals surface area contributed by atoms with Crippen molar-refractivity contribution < 1.29 is 14.4 Å². The normalized spacial score (nSPS) is 18.5. The molecule has 2 fully saturated rings. The standard InChI is InChI=1S/C19H17N5O3S/c25-16-15(28-19(27)22-16)12-14-6-7-20-18(21-14)24-10-8-23(9-11-24)17(26)13-4-2-1-3-5-13/h1-7,12H,8-11H2,(H,22,25,27). The second-order valence-corrected chi connectivity index (χ2v) is 7.29. The molecule has 4 rings (SSSR count). The molecular formula is C19H17N5O3S. The van der Waals surface area contributed by atoms with Gasteiger partial charge in [-0.2, -0.15) is 0 Å². The maximum Gasteiger partial charge on any atom is 0.290 e. The van der Waals surface area contributed by atoms with Crippen LogP contribution in [0.5, 0.6) is 0 Å². The molecule has 28 heavy (non-hydrogen) atoms. The second-order valence-electron chi connectivity index (χ2n) is 6.28. The van der Waals surface area contributed by atoms with Crippen LogP contribution in [0.25, 0.3) is 6.08 Å². The molecule has 2 aromatic rings. The average Bonchev–Trinajstić information content (AvgIpc) is 3.05. The molecule has 2 aliphatic rings. The lowest BCUT2D eigenvalue weighted by molar-refractivity contribution is -0.115. The van der Waals surface area contributed by atoms with Crippen molar-refractivity contribution in [3.8, 4) is 0 Å². The van der Waals surface area contributed by atoms with Gasteiger partial charge in [0.05, 0.1) is 10.6 Å². The average molecular weight is 395 g/mol.